The number of amides is 1. The number of benzene rings is 4. The number of rotatable bonds is 5. The molecule has 43 heavy (non-hydrogen) atoms. The number of nitrogens with zero attached hydrogens (tertiary/aromatic N) is 4. The van der Waals surface area contributed by atoms with Gasteiger partial charge in [0, 0.05) is 54.1 Å². The summed E-state index contributed by atoms with van der Waals surface area (Å²) in [6.07, 6.45) is 1.89. The van der Waals surface area contributed by atoms with Gasteiger partial charge in [-0.15, -0.1) is 0 Å². The van der Waals surface area contributed by atoms with Crippen LogP contribution in [0.1, 0.15) is 33.0 Å². The molecule has 2 aliphatic heterocycles. The van der Waals surface area contributed by atoms with Crippen LogP contribution in [0.5, 0.6) is 0 Å². The van der Waals surface area contributed by atoms with Crippen LogP contribution in [0.15, 0.2) is 97.2 Å². The van der Waals surface area contributed by atoms with Crippen molar-refractivity contribution in [1.29, 1.82) is 0 Å². The molecular formula is C36H33FN4O2. The van der Waals surface area contributed by atoms with Crippen molar-refractivity contribution in [2.45, 2.75) is 18.3 Å². The zero-order valence-corrected chi connectivity index (χ0v) is 24.1. The summed E-state index contributed by atoms with van der Waals surface area (Å²) in [6.45, 7) is 6.67. The molecule has 1 saturated carbocycles. The molecule has 3 atom stereocenters. The fourth-order valence-corrected chi connectivity index (χ4v) is 7.73. The van der Waals surface area contributed by atoms with Crippen LogP contribution in [0.3, 0.4) is 0 Å². The standard InChI is InChI=1S/C36H33FN4O2/c1-24-18-33-27(21-38-41(33)29-12-10-28(37)11-13-29)20-31(24)36-23-40(22-32(36)34(36)25-6-3-2-4-7-25)35(42)26-8-5-9-30(19-26)39-14-16-43-17-15-39/h2-13,18-21,32,34H,14-17,22-23H2,1H3. The summed E-state index contributed by atoms with van der Waals surface area (Å²) < 4.78 is 21.0. The predicted molar refractivity (Wildman–Crippen MR) is 165 cm³/mol. The fraction of sp³-hybridized carbons (Fsp3) is 0.278. The van der Waals surface area contributed by atoms with Crippen LogP contribution in [0.2, 0.25) is 0 Å². The maximum atomic E-state index is 14.0. The van der Waals surface area contributed by atoms with Crippen molar-refractivity contribution in [3.63, 3.8) is 0 Å². The molecule has 4 aromatic carbocycles. The van der Waals surface area contributed by atoms with Crippen molar-refractivity contribution in [2.75, 3.05) is 44.3 Å². The molecule has 3 fully saturated rings. The Morgan fingerprint density at radius 3 is 2.51 bits per heavy atom. The quantitative estimate of drug-likeness (QED) is 0.255. The number of piperidine rings is 1. The number of carbonyl (C=O) groups is 1. The van der Waals surface area contributed by atoms with Crippen LogP contribution in [0.25, 0.3) is 16.6 Å². The normalized spacial score (nSPS) is 23.0. The average molecular weight is 573 g/mol. The molecular weight excluding hydrogens is 539 g/mol. The molecule has 3 heterocycles. The van der Waals surface area contributed by atoms with Crippen molar-refractivity contribution in [2.24, 2.45) is 5.92 Å². The molecule has 1 aliphatic carbocycles. The van der Waals surface area contributed by atoms with Gasteiger partial charge in [0.05, 0.1) is 30.6 Å². The van der Waals surface area contributed by atoms with E-state index in [4.69, 9.17) is 4.74 Å². The molecule has 0 N–H and O–H groups in total. The van der Waals surface area contributed by atoms with Gasteiger partial charge in [-0.25, -0.2) is 9.07 Å². The third-order valence-corrected chi connectivity index (χ3v) is 9.78. The maximum Gasteiger partial charge on any atom is 0.253 e. The molecule has 1 amide bonds. The monoisotopic (exact) mass is 572 g/mol. The Labute approximate surface area is 250 Å². The van der Waals surface area contributed by atoms with Gasteiger partial charge in [-0.1, -0.05) is 36.4 Å². The highest BCUT2D eigenvalue weighted by Gasteiger charge is 2.70. The number of ether oxygens (including phenoxy) is 1. The molecule has 3 unspecified atom stereocenters. The lowest BCUT2D eigenvalue weighted by Crippen LogP contribution is -2.37. The van der Waals surface area contributed by atoms with Crippen LogP contribution >= 0.6 is 0 Å². The zero-order valence-electron chi connectivity index (χ0n) is 24.1. The van der Waals surface area contributed by atoms with E-state index in [0.717, 1.165) is 47.5 Å². The number of aryl methyl sites for hydroxylation is 1. The maximum absolute atomic E-state index is 14.0. The van der Waals surface area contributed by atoms with E-state index in [0.29, 0.717) is 31.6 Å². The zero-order chi connectivity index (χ0) is 29.1. The minimum atomic E-state index is -0.266. The van der Waals surface area contributed by atoms with E-state index < -0.39 is 0 Å². The van der Waals surface area contributed by atoms with Gasteiger partial charge in [-0.05, 0) is 84.1 Å². The lowest BCUT2D eigenvalue weighted by molar-refractivity contribution is 0.0769. The Morgan fingerprint density at radius 1 is 0.930 bits per heavy atom. The number of aromatic nitrogens is 2. The van der Waals surface area contributed by atoms with Crippen molar-refractivity contribution in [3.05, 3.63) is 125 Å². The first-order valence-corrected chi connectivity index (χ1v) is 15.0. The average Bonchev–Trinajstić information content (AvgIpc) is 3.29. The minimum Gasteiger partial charge on any atom is -0.378 e. The SMILES string of the molecule is Cc1cc2c(cnn2-c2ccc(F)cc2)cc1C12CN(C(=O)c3cccc(N4CCOCC4)c3)CC1C2c1ccccc1. The highest BCUT2D eigenvalue weighted by Crippen LogP contribution is 2.70. The Kier molecular flexibility index (Phi) is 6.12. The Balaban J connectivity index is 1.15. The van der Waals surface area contributed by atoms with E-state index >= 15 is 0 Å². The number of hydrogen-bond donors (Lipinski definition) is 0. The van der Waals surface area contributed by atoms with Gasteiger partial charge in [-0.2, -0.15) is 5.10 Å². The number of anilines is 1. The van der Waals surface area contributed by atoms with E-state index in [1.165, 1.54) is 28.8 Å². The number of morpholine rings is 1. The summed E-state index contributed by atoms with van der Waals surface area (Å²) in [7, 11) is 0. The van der Waals surface area contributed by atoms with Gasteiger partial charge >= 0.3 is 0 Å². The highest BCUT2D eigenvalue weighted by atomic mass is 19.1. The molecule has 1 aromatic heterocycles. The summed E-state index contributed by atoms with van der Waals surface area (Å²) in [5.74, 6) is 0.513. The highest BCUT2D eigenvalue weighted by molar-refractivity contribution is 5.96. The topological polar surface area (TPSA) is 50.6 Å². The molecule has 216 valence electrons. The van der Waals surface area contributed by atoms with Gasteiger partial charge in [0.1, 0.15) is 5.82 Å². The lowest BCUT2D eigenvalue weighted by atomic mass is 9.86. The van der Waals surface area contributed by atoms with E-state index in [2.05, 4.69) is 70.4 Å². The molecule has 6 nitrogen and oxygen atoms in total. The fourth-order valence-electron chi connectivity index (χ4n) is 7.73. The predicted octanol–water partition coefficient (Wildman–Crippen LogP) is 6.12. The van der Waals surface area contributed by atoms with Crippen molar-refractivity contribution < 1.29 is 13.9 Å². The van der Waals surface area contributed by atoms with Crippen LogP contribution < -0.4 is 4.90 Å². The number of likely N-dealkylation sites (tertiary alicyclic amines) is 1. The van der Waals surface area contributed by atoms with Gasteiger partial charge in [0.15, 0.2) is 0 Å². The Bertz CT molecular complexity index is 1830. The van der Waals surface area contributed by atoms with Crippen LogP contribution in [0.4, 0.5) is 10.1 Å². The lowest BCUT2D eigenvalue weighted by Gasteiger charge is -2.29. The van der Waals surface area contributed by atoms with Gasteiger partial charge in [-0.3, -0.25) is 4.79 Å². The van der Waals surface area contributed by atoms with Crippen molar-refractivity contribution in [3.8, 4) is 5.69 Å². The van der Waals surface area contributed by atoms with E-state index in [1.54, 1.807) is 12.1 Å². The van der Waals surface area contributed by atoms with E-state index in [-0.39, 0.29) is 17.1 Å². The molecule has 5 aromatic rings. The third kappa shape index (κ3) is 4.25. The number of hydrogen-bond acceptors (Lipinski definition) is 4. The molecule has 8 rings (SSSR count). The summed E-state index contributed by atoms with van der Waals surface area (Å²) in [5.41, 5.74) is 7.27. The summed E-state index contributed by atoms with van der Waals surface area (Å²) in [4.78, 5) is 18.3. The second kappa shape index (κ2) is 10.1. The molecule has 3 aliphatic rings. The first kappa shape index (κ1) is 26.2. The molecule has 0 radical (unpaired) electrons. The molecule has 2 saturated heterocycles. The Hall–Kier alpha value is -4.49. The minimum absolute atomic E-state index is 0.0938. The van der Waals surface area contributed by atoms with Crippen LogP contribution in [-0.2, 0) is 10.2 Å². The molecule has 0 bridgehead atoms. The van der Waals surface area contributed by atoms with Gasteiger partial charge < -0.3 is 14.5 Å². The van der Waals surface area contributed by atoms with Crippen LogP contribution in [0, 0.1) is 18.7 Å². The third-order valence-electron chi connectivity index (χ3n) is 9.78. The summed E-state index contributed by atoms with van der Waals surface area (Å²) in [6, 6.07) is 29.7. The number of fused-ring (bicyclic) bond motifs is 2. The van der Waals surface area contributed by atoms with Crippen molar-refractivity contribution in [1.82, 2.24) is 14.7 Å². The smallest absolute Gasteiger partial charge is 0.253 e. The first-order valence-electron chi connectivity index (χ1n) is 15.0. The summed E-state index contributed by atoms with van der Waals surface area (Å²) >= 11 is 0. The molecule has 0 spiro atoms. The second-order valence-corrected chi connectivity index (χ2v) is 12.1. The van der Waals surface area contributed by atoms with E-state index in [1.807, 2.05) is 29.1 Å². The molecule has 7 heteroatoms. The number of halogens is 1. The van der Waals surface area contributed by atoms with Crippen LogP contribution in [-0.4, -0.2) is 60.0 Å². The Morgan fingerprint density at radius 2 is 1.72 bits per heavy atom. The van der Waals surface area contributed by atoms with Crippen molar-refractivity contribution >= 4 is 22.5 Å². The van der Waals surface area contributed by atoms with Gasteiger partial charge in [0.2, 0.25) is 0 Å². The largest absolute Gasteiger partial charge is 0.378 e. The second-order valence-electron chi connectivity index (χ2n) is 12.1. The number of carbonyl (C=O) groups excluding carboxylic acids is 1. The van der Waals surface area contributed by atoms with E-state index in [9.17, 15) is 9.18 Å². The summed E-state index contributed by atoms with van der Waals surface area (Å²) in [5, 5.41) is 5.71. The first-order chi connectivity index (χ1) is 21.0. The van der Waals surface area contributed by atoms with Gasteiger partial charge in [0.25, 0.3) is 5.91 Å².